The molecule has 25 heavy (non-hydrogen) atoms. The fraction of sp³-hybridized carbons (Fsp3) is 0.316. The SMILES string of the molecule is CCS(=O)(=O)NCc1ccc2c(c1)N(C(=O)c1ccccc1C)CC2. The van der Waals surface area contributed by atoms with E-state index in [4.69, 9.17) is 0 Å². The Labute approximate surface area is 148 Å². The maximum absolute atomic E-state index is 12.9. The summed E-state index contributed by atoms with van der Waals surface area (Å²) in [6, 6.07) is 13.4. The molecule has 2 aromatic rings. The minimum atomic E-state index is -3.24. The van der Waals surface area contributed by atoms with Gasteiger partial charge in [0.25, 0.3) is 5.91 Å². The molecule has 3 rings (SSSR count). The highest BCUT2D eigenvalue weighted by Crippen LogP contribution is 2.31. The number of sulfonamides is 1. The zero-order valence-electron chi connectivity index (χ0n) is 14.5. The van der Waals surface area contributed by atoms with E-state index in [1.807, 2.05) is 49.4 Å². The van der Waals surface area contributed by atoms with Gasteiger partial charge in [0.2, 0.25) is 10.0 Å². The van der Waals surface area contributed by atoms with E-state index in [-0.39, 0.29) is 18.2 Å². The number of benzene rings is 2. The number of nitrogens with zero attached hydrogens (tertiary/aromatic N) is 1. The normalized spacial score (nSPS) is 13.8. The van der Waals surface area contributed by atoms with Crippen LogP contribution >= 0.6 is 0 Å². The average Bonchev–Trinajstić information content (AvgIpc) is 3.03. The van der Waals surface area contributed by atoms with Gasteiger partial charge in [-0.2, -0.15) is 0 Å². The van der Waals surface area contributed by atoms with Crippen molar-refractivity contribution in [2.45, 2.75) is 26.8 Å². The van der Waals surface area contributed by atoms with Crippen molar-refractivity contribution in [2.75, 3.05) is 17.2 Å². The molecular formula is C19H22N2O3S. The first-order valence-corrected chi connectivity index (χ1v) is 10.0. The quantitative estimate of drug-likeness (QED) is 0.893. The Morgan fingerprint density at radius 2 is 1.96 bits per heavy atom. The van der Waals surface area contributed by atoms with E-state index in [1.54, 1.807) is 11.8 Å². The van der Waals surface area contributed by atoms with E-state index in [0.717, 1.165) is 28.8 Å². The molecule has 0 bridgehead atoms. The number of hydrogen-bond donors (Lipinski definition) is 1. The van der Waals surface area contributed by atoms with Crippen molar-refractivity contribution in [1.29, 1.82) is 0 Å². The molecule has 0 aromatic heterocycles. The lowest BCUT2D eigenvalue weighted by molar-refractivity contribution is 0.0989. The molecule has 0 spiro atoms. The minimum Gasteiger partial charge on any atom is -0.308 e. The molecule has 0 aliphatic carbocycles. The molecule has 0 atom stereocenters. The van der Waals surface area contributed by atoms with Crippen molar-refractivity contribution in [3.63, 3.8) is 0 Å². The molecule has 0 radical (unpaired) electrons. The van der Waals surface area contributed by atoms with Crippen LogP contribution in [0.4, 0.5) is 5.69 Å². The van der Waals surface area contributed by atoms with Crippen molar-refractivity contribution in [3.05, 3.63) is 64.7 Å². The van der Waals surface area contributed by atoms with Crippen LogP contribution in [0.5, 0.6) is 0 Å². The number of hydrogen-bond acceptors (Lipinski definition) is 3. The molecule has 2 aromatic carbocycles. The number of anilines is 1. The summed E-state index contributed by atoms with van der Waals surface area (Å²) in [5.74, 6) is 0.0404. The standard InChI is InChI=1S/C19H22N2O3S/c1-3-25(23,24)20-13-15-8-9-16-10-11-21(18(16)12-15)19(22)17-7-5-4-6-14(17)2/h4-9,12,20H,3,10-11,13H2,1-2H3. The van der Waals surface area contributed by atoms with E-state index in [0.29, 0.717) is 12.1 Å². The van der Waals surface area contributed by atoms with Crippen LogP contribution in [-0.2, 0) is 23.0 Å². The summed E-state index contributed by atoms with van der Waals surface area (Å²) in [6.07, 6.45) is 0.813. The lowest BCUT2D eigenvalue weighted by Gasteiger charge is -2.19. The smallest absolute Gasteiger partial charge is 0.258 e. The van der Waals surface area contributed by atoms with Crippen molar-refractivity contribution in [2.24, 2.45) is 0 Å². The fourth-order valence-electron chi connectivity index (χ4n) is 3.00. The van der Waals surface area contributed by atoms with Crippen molar-refractivity contribution < 1.29 is 13.2 Å². The summed E-state index contributed by atoms with van der Waals surface area (Å²) in [7, 11) is -3.24. The number of carbonyl (C=O) groups excluding carboxylic acids is 1. The first-order valence-electron chi connectivity index (χ1n) is 8.38. The number of rotatable bonds is 5. The molecule has 1 aliphatic rings. The molecule has 1 heterocycles. The predicted molar refractivity (Wildman–Crippen MR) is 99.3 cm³/mol. The third kappa shape index (κ3) is 3.75. The maximum Gasteiger partial charge on any atom is 0.258 e. The Balaban J connectivity index is 1.85. The zero-order valence-corrected chi connectivity index (χ0v) is 15.3. The lowest BCUT2D eigenvalue weighted by atomic mass is 10.1. The predicted octanol–water partition coefficient (Wildman–Crippen LogP) is 2.64. The fourth-order valence-corrected chi connectivity index (χ4v) is 3.59. The van der Waals surface area contributed by atoms with Gasteiger partial charge in [-0.1, -0.05) is 30.3 Å². The van der Waals surface area contributed by atoms with E-state index in [1.165, 1.54) is 0 Å². The highest BCUT2D eigenvalue weighted by molar-refractivity contribution is 7.89. The Morgan fingerprint density at radius 1 is 1.20 bits per heavy atom. The molecule has 0 fully saturated rings. The van der Waals surface area contributed by atoms with Gasteiger partial charge in [0, 0.05) is 24.3 Å². The van der Waals surface area contributed by atoms with Gasteiger partial charge in [0.1, 0.15) is 0 Å². The average molecular weight is 358 g/mol. The molecule has 132 valence electrons. The van der Waals surface area contributed by atoms with Crippen LogP contribution in [0, 0.1) is 6.92 Å². The molecule has 5 nitrogen and oxygen atoms in total. The van der Waals surface area contributed by atoms with Crippen LogP contribution in [0.3, 0.4) is 0 Å². The first kappa shape index (κ1) is 17.6. The van der Waals surface area contributed by atoms with E-state index in [2.05, 4.69) is 4.72 Å². The van der Waals surface area contributed by atoms with E-state index < -0.39 is 10.0 Å². The van der Waals surface area contributed by atoms with Crippen LogP contribution in [0.1, 0.15) is 34.0 Å². The molecule has 6 heteroatoms. The molecule has 0 saturated heterocycles. The summed E-state index contributed by atoms with van der Waals surface area (Å²) in [5, 5.41) is 0. The minimum absolute atomic E-state index is 0.0110. The van der Waals surface area contributed by atoms with Crippen LogP contribution in [-0.4, -0.2) is 26.6 Å². The summed E-state index contributed by atoms with van der Waals surface area (Å²) in [4.78, 5) is 14.7. The van der Waals surface area contributed by atoms with Gasteiger partial charge in [0.05, 0.1) is 5.75 Å². The lowest BCUT2D eigenvalue weighted by Crippen LogP contribution is -2.29. The second kappa shape index (κ2) is 6.98. The second-order valence-corrected chi connectivity index (χ2v) is 8.30. The van der Waals surface area contributed by atoms with Gasteiger partial charge < -0.3 is 4.90 Å². The van der Waals surface area contributed by atoms with Gasteiger partial charge in [-0.15, -0.1) is 0 Å². The monoisotopic (exact) mass is 358 g/mol. The molecular weight excluding hydrogens is 336 g/mol. The Kier molecular flexibility index (Phi) is 4.92. The maximum atomic E-state index is 12.9. The molecule has 0 saturated carbocycles. The highest BCUT2D eigenvalue weighted by atomic mass is 32.2. The zero-order chi connectivity index (χ0) is 18.0. The number of amides is 1. The Morgan fingerprint density at radius 3 is 2.68 bits per heavy atom. The number of aryl methyl sites for hydroxylation is 1. The number of nitrogens with one attached hydrogen (secondary N) is 1. The first-order chi connectivity index (χ1) is 11.9. The highest BCUT2D eigenvalue weighted by Gasteiger charge is 2.26. The van der Waals surface area contributed by atoms with E-state index >= 15 is 0 Å². The van der Waals surface area contributed by atoms with Crippen molar-refractivity contribution >= 4 is 21.6 Å². The van der Waals surface area contributed by atoms with Gasteiger partial charge in [-0.25, -0.2) is 13.1 Å². The van der Waals surface area contributed by atoms with Crippen LogP contribution in [0.15, 0.2) is 42.5 Å². The van der Waals surface area contributed by atoms with Crippen LogP contribution in [0.25, 0.3) is 0 Å². The number of carbonyl (C=O) groups is 1. The van der Waals surface area contributed by atoms with Crippen molar-refractivity contribution in [3.8, 4) is 0 Å². The van der Waals surface area contributed by atoms with Gasteiger partial charge in [0.15, 0.2) is 0 Å². The van der Waals surface area contributed by atoms with Crippen molar-refractivity contribution in [1.82, 2.24) is 4.72 Å². The summed E-state index contributed by atoms with van der Waals surface area (Å²) in [6.45, 7) is 4.41. The third-order valence-electron chi connectivity index (χ3n) is 4.54. The van der Waals surface area contributed by atoms with Gasteiger partial charge >= 0.3 is 0 Å². The van der Waals surface area contributed by atoms with Crippen LogP contribution < -0.4 is 9.62 Å². The van der Waals surface area contributed by atoms with Crippen LogP contribution in [0.2, 0.25) is 0 Å². The third-order valence-corrected chi connectivity index (χ3v) is 5.89. The molecule has 1 amide bonds. The molecule has 0 unspecified atom stereocenters. The largest absolute Gasteiger partial charge is 0.308 e. The molecule has 1 N–H and O–H groups in total. The summed E-state index contributed by atoms with van der Waals surface area (Å²) >= 11 is 0. The summed E-state index contributed by atoms with van der Waals surface area (Å²) < 4.78 is 25.8. The van der Waals surface area contributed by atoms with Gasteiger partial charge in [-0.3, -0.25) is 4.79 Å². The second-order valence-electron chi connectivity index (χ2n) is 6.21. The van der Waals surface area contributed by atoms with E-state index in [9.17, 15) is 13.2 Å². The Bertz CT molecular complexity index is 907. The topological polar surface area (TPSA) is 66.5 Å². The Hall–Kier alpha value is -2.18. The summed E-state index contributed by atoms with van der Waals surface area (Å²) in [5.41, 5.74) is 4.49. The van der Waals surface area contributed by atoms with Gasteiger partial charge in [-0.05, 0) is 49.1 Å². The molecule has 1 aliphatic heterocycles. The number of fused-ring (bicyclic) bond motifs is 1.